The van der Waals surface area contributed by atoms with Gasteiger partial charge in [0, 0.05) is 28.9 Å². The molecule has 0 aliphatic carbocycles. The Morgan fingerprint density at radius 2 is 1.98 bits per heavy atom. The van der Waals surface area contributed by atoms with Gasteiger partial charge >= 0.3 is 11.9 Å². The number of nitrogens with two attached hydrogens (primary N) is 2. The predicted molar refractivity (Wildman–Crippen MR) is 143 cm³/mol. The number of anilines is 1. The fraction of sp³-hybridized carbons (Fsp3) is 0.304. The summed E-state index contributed by atoms with van der Waals surface area (Å²) in [4.78, 5) is 82.7. The van der Waals surface area contributed by atoms with Crippen molar-refractivity contribution < 1.29 is 53.5 Å². The fourth-order valence-corrected chi connectivity index (χ4v) is 5.73. The number of carbonyl (C=O) groups excluding carboxylic acids is 4. The van der Waals surface area contributed by atoms with Crippen LogP contribution >= 0.6 is 23.3 Å². The zero-order valence-corrected chi connectivity index (χ0v) is 23.8. The molecule has 0 unspecified atom stereocenters. The third kappa shape index (κ3) is 6.09. The maximum absolute atomic E-state index is 13.2. The standard InChI is InChI=1S/C23H22N8O10S2/c1-23(2,21(39)40)41-28-11(15-27-22(25)43-29-15)16(33)26-12-17(34)31-13(20(37)38)8(7-42-18(12)31)5-30-4-3-9(14(24)32)10(6-30)19(35)36/h3-4,6,12,18H,5,7H2,1-2H3,(H7-,24,25,26,27,29,32,33,35,36,37,38,39,40)/b28-11-/t12-,18-/m1/s1. The topological polar surface area (TPSA) is 284 Å². The second kappa shape index (κ2) is 11.6. The highest BCUT2D eigenvalue weighted by Gasteiger charge is 2.53. The summed E-state index contributed by atoms with van der Waals surface area (Å²) in [6, 6.07) is -0.0572. The number of oxime groups is 1. The predicted octanol–water partition coefficient (Wildman–Crippen LogP) is -3.11. The number of aromatic nitrogens is 3. The Balaban J connectivity index is 1.58. The summed E-state index contributed by atoms with van der Waals surface area (Å²) in [7, 11) is 0. The molecule has 4 rings (SSSR count). The Labute approximate surface area is 249 Å². The summed E-state index contributed by atoms with van der Waals surface area (Å²) in [6.07, 6.45) is 2.44. The Bertz CT molecular complexity index is 1640. The minimum atomic E-state index is -1.84. The van der Waals surface area contributed by atoms with Gasteiger partial charge in [-0.3, -0.25) is 19.3 Å². The van der Waals surface area contributed by atoms with Crippen LogP contribution in [0.4, 0.5) is 5.13 Å². The third-order valence-electron chi connectivity index (χ3n) is 6.16. The Hall–Kier alpha value is -5.11. The summed E-state index contributed by atoms with van der Waals surface area (Å²) >= 11 is 1.83. The lowest BCUT2D eigenvalue weighted by atomic mass is 10.0. The lowest BCUT2D eigenvalue weighted by Crippen LogP contribution is -2.71. The molecule has 1 saturated heterocycles. The van der Waals surface area contributed by atoms with E-state index in [1.54, 1.807) is 0 Å². The zero-order chi connectivity index (χ0) is 31.8. The van der Waals surface area contributed by atoms with Gasteiger partial charge in [0.15, 0.2) is 24.1 Å². The molecular weight excluding hydrogens is 612 g/mol. The number of thioether (sulfide) groups is 1. The first kappa shape index (κ1) is 30.8. The van der Waals surface area contributed by atoms with Gasteiger partial charge in [0.1, 0.15) is 17.0 Å². The van der Waals surface area contributed by atoms with Crippen molar-refractivity contribution in [2.45, 2.75) is 37.4 Å². The molecule has 0 aromatic carbocycles. The van der Waals surface area contributed by atoms with Crippen molar-refractivity contribution in [3.05, 3.63) is 46.7 Å². The molecule has 1 fully saturated rings. The van der Waals surface area contributed by atoms with Crippen molar-refractivity contribution in [3.63, 3.8) is 0 Å². The van der Waals surface area contributed by atoms with Gasteiger partial charge in [-0.25, -0.2) is 14.2 Å². The van der Waals surface area contributed by atoms with Gasteiger partial charge in [-0.05, 0) is 13.8 Å². The number of aliphatic carboxylic acids is 2. The molecule has 2 aromatic rings. The van der Waals surface area contributed by atoms with Crippen LogP contribution in [0.5, 0.6) is 0 Å². The number of rotatable bonds is 11. The van der Waals surface area contributed by atoms with Gasteiger partial charge in [-0.15, -0.1) is 11.8 Å². The Morgan fingerprint density at radius 3 is 2.53 bits per heavy atom. The van der Waals surface area contributed by atoms with Crippen LogP contribution < -0.4 is 26.5 Å². The molecule has 0 bridgehead atoms. The van der Waals surface area contributed by atoms with E-state index >= 15 is 0 Å². The minimum Gasteiger partial charge on any atom is -0.543 e. The van der Waals surface area contributed by atoms with Gasteiger partial charge in [0.2, 0.25) is 23.0 Å². The smallest absolute Gasteiger partial charge is 0.350 e. The summed E-state index contributed by atoms with van der Waals surface area (Å²) < 4.78 is 5.19. The average Bonchev–Trinajstić information content (AvgIpc) is 3.36. The highest BCUT2D eigenvalue weighted by Crippen LogP contribution is 2.40. The van der Waals surface area contributed by atoms with Crippen LogP contribution in [-0.4, -0.2) is 88.6 Å². The molecule has 43 heavy (non-hydrogen) atoms. The van der Waals surface area contributed by atoms with Crippen LogP contribution in [-0.2, 0) is 30.6 Å². The van der Waals surface area contributed by atoms with Crippen LogP contribution in [0.15, 0.2) is 34.9 Å². The van der Waals surface area contributed by atoms with Gasteiger partial charge in [-0.1, -0.05) is 5.16 Å². The number of carbonyl (C=O) groups is 6. The van der Waals surface area contributed by atoms with Gasteiger partial charge in [0.05, 0.1) is 17.2 Å². The maximum Gasteiger partial charge on any atom is 0.350 e. The molecule has 20 heteroatoms. The van der Waals surface area contributed by atoms with E-state index < -0.39 is 69.6 Å². The second-order valence-electron chi connectivity index (χ2n) is 9.52. The Morgan fingerprint density at radius 1 is 1.28 bits per heavy atom. The SMILES string of the molecule is CC(C)(O/N=C(\C(=O)N[C@@H]1C(=O)N2C(C(=O)[O-])=C(C[n+]3ccc(C(N)=O)c(C(=O)O)c3)CS[C@H]12)c1nsc(N)n1)C(=O)O. The molecule has 7 N–H and O–H groups in total. The highest BCUT2D eigenvalue weighted by molar-refractivity contribution is 8.00. The summed E-state index contributed by atoms with van der Waals surface area (Å²) in [5.41, 5.74) is 7.48. The zero-order valence-electron chi connectivity index (χ0n) is 22.2. The molecule has 4 heterocycles. The first-order valence-electron chi connectivity index (χ1n) is 12.0. The number of hydrogen-bond donors (Lipinski definition) is 5. The lowest BCUT2D eigenvalue weighted by Gasteiger charge is -2.50. The number of fused-ring (bicyclic) bond motifs is 1. The van der Waals surface area contributed by atoms with E-state index in [0.29, 0.717) is 0 Å². The summed E-state index contributed by atoms with van der Waals surface area (Å²) in [5.74, 6) is -7.54. The van der Waals surface area contributed by atoms with Crippen molar-refractivity contribution in [2.75, 3.05) is 11.5 Å². The van der Waals surface area contributed by atoms with Crippen molar-refractivity contribution in [1.29, 1.82) is 0 Å². The largest absolute Gasteiger partial charge is 0.543 e. The van der Waals surface area contributed by atoms with E-state index in [4.69, 9.17) is 16.3 Å². The average molecular weight is 635 g/mol. The number of β-lactam (4-membered cyclic amide) rings is 1. The first-order chi connectivity index (χ1) is 20.1. The molecule has 0 spiro atoms. The van der Waals surface area contributed by atoms with Crippen LogP contribution in [0.3, 0.4) is 0 Å². The fourth-order valence-electron chi connectivity index (χ4n) is 3.96. The second-order valence-corrected chi connectivity index (χ2v) is 11.4. The number of aromatic carboxylic acids is 1. The molecule has 0 radical (unpaired) electrons. The number of nitrogens with zero attached hydrogens (tertiary/aromatic N) is 5. The monoisotopic (exact) mass is 634 g/mol. The van der Waals surface area contributed by atoms with Gasteiger partial charge in [-0.2, -0.15) is 9.36 Å². The minimum absolute atomic E-state index is 0.0318. The number of carboxylic acid groups (broad SMARTS) is 3. The molecule has 18 nitrogen and oxygen atoms in total. The van der Waals surface area contributed by atoms with Crippen molar-refractivity contribution in [2.24, 2.45) is 10.9 Å². The van der Waals surface area contributed by atoms with E-state index in [2.05, 4.69) is 19.8 Å². The molecule has 2 aliphatic heterocycles. The molecular formula is C23H22N8O10S2. The summed E-state index contributed by atoms with van der Waals surface area (Å²) in [5, 5.41) is 36.0. The van der Waals surface area contributed by atoms with Crippen LogP contribution in [0.2, 0.25) is 0 Å². The number of amides is 3. The normalized spacial score (nSPS) is 18.4. The summed E-state index contributed by atoms with van der Waals surface area (Å²) in [6.45, 7) is 2.19. The van der Waals surface area contributed by atoms with Crippen molar-refractivity contribution in [1.82, 2.24) is 19.6 Å². The molecule has 2 aromatic heterocycles. The van der Waals surface area contributed by atoms with E-state index in [9.17, 15) is 44.1 Å². The van der Waals surface area contributed by atoms with Crippen LogP contribution in [0, 0.1) is 0 Å². The van der Waals surface area contributed by atoms with E-state index in [0.717, 1.165) is 34.4 Å². The number of nitrogen functional groups attached to an aromatic ring is 1. The molecule has 2 aliphatic rings. The molecule has 3 amide bonds. The van der Waals surface area contributed by atoms with Gasteiger partial charge in [0.25, 0.3) is 11.8 Å². The number of hydrogen-bond acceptors (Lipinski definition) is 14. The number of carboxylic acids is 3. The number of nitrogens with one attached hydrogen (secondary N) is 1. The van der Waals surface area contributed by atoms with Crippen molar-refractivity contribution in [3.8, 4) is 0 Å². The third-order valence-corrected chi connectivity index (χ3v) is 8.05. The highest BCUT2D eigenvalue weighted by atomic mass is 32.2. The van der Waals surface area contributed by atoms with Crippen LogP contribution in [0.25, 0.3) is 0 Å². The van der Waals surface area contributed by atoms with E-state index in [1.807, 2.05) is 0 Å². The van der Waals surface area contributed by atoms with E-state index in [1.165, 1.54) is 30.7 Å². The molecule has 0 saturated carbocycles. The lowest BCUT2D eigenvalue weighted by molar-refractivity contribution is -0.689. The molecule has 2 atom stereocenters. The molecule has 226 valence electrons. The number of pyridine rings is 1. The van der Waals surface area contributed by atoms with Crippen LogP contribution in [0.1, 0.15) is 40.4 Å². The number of primary amides is 1. The maximum atomic E-state index is 13.2. The van der Waals surface area contributed by atoms with Crippen molar-refractivity contribution >= 4 is 69.8 Å². The van der Waals surface area contributed by atoms with Gasteiger partial charge < -0.3 is 41.7 Å². The first-order valence-corrected chi connectivity index (χ1v) is 13.8. The Kier molecular flexibility index (Phi) is 8.35. The van der Waals surface area contributed by atoms with E-state index in [-0.39, 0.29) is 34.4 Å². The quantitative estimate of drug-likeness (QED) is 0.0708.